The largest absolute Gasteiger partial charge is 0.417 e. The maximum Gasteiger partial charge on any atom is 0.417 e. The fourth-order valence-electron chi connectivity index (χ4n) is 2.56. The summed E-state index contributed by atoms with van der Waals surface area (Å²) >= 11 is 10.8. The first kappa shape index (κ1) is 21.5. The van der Waals surface area contributed by atoms with E-state index in [1.807, 2.05) is 0 Å². The first-order chi connectivity index (χ1) is 12.7. The van der Waals surface area contributed by atoms with Gasteiger partial charge in [0.1, 0.15) is 0 Å². The first-order valence-electron chi connectivity index (χ1n) is 8.67. The Morgan fingerprint density at radius 3 is 2.37 bits per heavy atom. The lowest BCUT2D eigenvalue weighted by molar-refractivity contribution is -0.137. The highest BCUT2D eigenvalue weighted by atomic mass is 35.5. The van der Waals surface area contributed by atoms with Crippen molar-refractivity contribution in [3.8, 4) is 0 Å². The molecule has 0 fully saturated rings. The van der Waals surface area contributed by atoms with E-state index in [4.69, 9.17) is 23.8 Å². The molecular weight excluding hydrogens is 393 g/mol. The van der Waals surface area contributed by atoms with E-state index in [0.717, 1.165) is 18.9 Å². The van der Waals surface area contributed by atoms with Crippen molar-refractivity contribution in [2.24, 2.45) is 0 Å². The zero-order valence-corrected chi connectivity index (χ0v) is 16.7. The third-order valence-corrected chi connectivity index (χ3v) is 4.68. The highest BCUT2D eigenvalue weighted by Crippen LogP contribution is 2.36. The smallest absolute Gasteiger partial charge is 0.362 e. The molecule has 0 radical (unpaired) electrons. The Morgan fingerprint density at radius 2 is 1.78 bits per heavy atom. The average Bonchev–Trinajstić information content (AvgIpc) is 2.60. The predicted octanol–water partition coefficient (Wildman–Crippen LogP) is 6.40. The minimum absolute atomic E-state index is 0.244. The van der Waals surface area contributed by atoms with Gasteiger partial charge in [-0.15, -0.1) is 0 Å². The van der Waals surface area contributed by atoms with E-state index in [2.05, 4.69) is 48.7 Å². The van der Waals surface area contributed by atoms with Crippen LogP contribution < -0.4 is 10.6 Å². The van der Waals surface area contributed by atoms with Crippen LogP contribution in [0.15, 0.2) is 42.5 Å². The van der Waals surface area contributed by atoms with E-state index in [9.17, 15) is 13.2 Å². The van der Waals surface area contributed by atoms with Crippen LogP contribution in [0.5, 0.6) is 0 Å². The summed E-state index contributed by atoms with van der Waals surface area (Å²) in [6.45, 7) is 4.94. The van der Waals surface area contributed by atoms with Crippen LogP contribution in [-0.2, 0) is 12.6 Å². The molecule has 0 saturated carbocycles. The summed E-state index contributed by atoms with van der Waals surface area (Å²) in [6.07, 6.45) is -2.75. The summed E-state index contributed by atoms with van der Waals surface area (Å²) in [5, 5.41) is 5.71. The molecular formula is C20H22ClF3N2S. The number of benzene rings is 2. The van der Waals surface area contributed by atoms with Crippen LogP contribution in [0.1, 0.15) is 42.9 Å². The summed E-state index contributed by atoms with van der Waals surface area (Å²) in [5.41, 5.74) is 1.91. The highest BCUT2D eigenvalue weighted by molar-refractivity contribution is 7.80. The number of alkyl halides is 3. The van der Waals surface area contributed by atoms with E-state index in [0.29, 0.717) is 12.5 Å². The van der Waals surface area contributed by atoms with Crippen LogP contribution in [0, 0.1) is 0 Å². The maximum atomic E-state index is 12.9. The van der Waals surface area contributed by atoms with Gasteiger partial charge >= 0.3 is 6.18 Å². The molecule has 0 unspecified atom stereocenters. The summed E-state index contributed by atoms with van der Waals surface area (Å²) in [5.74, 6) is 0.509. The normalized spacial score (nSPS) is 11.5. The van der Waals surface area contributed by atoms with Crippen LogP contribution >= 0.6 is 23.8 Å². The number of aryl methyl sites for hydroxylation is 1. The van der Waals surface area contributed by atoms with Crippen molar-refractivity contribution in [3.05, 3.63) is 64.2 Å². The lowest BCUT2D eigenvalue weighted by Crippen LogP contribution is -2.29. The van der Waals surface area contributed by atoms with Crippen LogP contribution in [0.2, 0.25) is 5.02 Å². The number of halogens is 4. The van der Waals surface area contributed by atoms with Gasteiger partial charge in [-0.3, -0.25) is 0 Å². The van der Waals surface area contributed by atoms with Crippen molar-refractivity contribution in [1.82, 2.24) is 5.32 Å². The second-order valence-corrected chi connectivity index (χ2v) is 7.39. The van der Waals surface area contributed by atoms with Gasteiger partial charge in [-0.05, 0) is 60.3 Å². The van der Waals surface area contributed by atoms with Crippen molar-refractivity contribution < 1.29 is 13.2 Å². The molecule has 0 heterocycles. The topological polar surface area (TPSA) is 24.1 Å². The Morgan fingerprint density at radius 1 is 1.11 bits per heavy atom. The molecule has 0 aromatic heterocycles. The minimum atomic E-state index is -4.51. The van der Waals surface area contributed by atoms with Crippen LogP contribution in [0.25, 0.3) is 0 Å². The zero-order chi connectivity index (χ0) is 20.0. The third-order valence-electron chi connectivity index (χ3n) is 4.10. The fourth-order valence-corrected chi connectivity index (χ4v) is 3.00. The molecule has 0 bridgehead atoms. The first-order valence-corrected chi connectivity index (χ1v) is 9.46. The number of thiocarbonyl (C=S) groups is 1. The monoisotopic (exact) mass is 414 g/mol. The highest BCUT2D eigenvalue weighted by Gasteiger charge is 2.33. The van der Waals surface area contributed by atoms with E-state index < -0.39 is 11.7 Å². The van der Waals surface area contributed by atoms with Gasteiger partial charge in [0.05, 0.1) is 10.6 Å². The molecule has 0 spiro atoms. The number of anilines is 1. The molecule has 2 aromatic carbocycles. The molecule has 2 aromatic rings. The molecule has 0 saturated heterocycles. The van der Waals surface area contributed by atoms with E-state index in [-0.39, 0.29) is 15.8 Å². The number of rotatable bonds is 6. The molecule has 27 heavy (non-hydrogen) atoms. The Hall–Kier alpha value is -1.79. The molecule has 0 aliphatic heterocycles. The summed E-state index contributed by atoms with van der Waals surface area (Å²) in [6, 6.07) is 12.1. The fraction of sp³-hybridized carbons (Fsp3) is 0.350. The molecule has 0 atom stereocenters. The van der Waals surface area contributed by atoms with Gasteiger partial charge in [-0.1, -0.05) is 49.7 Å². The summed E-state index contributed by atoms with van der Waals surface area (Å²) in [4.78, 5) is 0. The van der Waals surface area contributed by atoms with Gasteiger partial charge in [0.2, 0.25) is 0 Å². The van der Waals surface area contributed by atoms with Crippen molar-refractivity contribution in [1.29, 1.82) is 0 Å². The molecule has 0 amide bonds. The number of hydrogen-bond donors (Lipinski definition) is 2. The second-order valence-electron chi connectivity index (χ2n) is 6.57. The quantitative estimate of drug-likeness (QED) is 0.422. The minimum Gasteiger partial charge on any atom is -0.362 e. The van der Waals surface area contributed by atoms with Gasteiger partial charge < -0.3 is 10.6 Å². The van der Waals surface area contributed by atoms with Crippen LogP contribution in [-0.4, -0.2) is 11.7 Å². The Kier molecular flexibility index (Phi) is 7.50. The van der Waals surface area contributed by atoms with Crippen LogP contribution in [0.3, 0.4) is 0 Å². The van der Waals surface area contributed by atoms with Crippen molar-refractivity contribution in [2.75, 3.05) is 11.9 Å². The molecule has 146 valence electrons. The third kappa shape index (κ3) is 6.70. The Labute approximate surface area is 168 Å². The average molecular weight is 415 g/mol. The van der Waals surface area contributed by atoms with Gasteiger partial charge in [-0.25, -0.2) is 0 Å². The van der Waals surface area contributed by atoms with Crippen molar-refractivity contribution >= 4 is 34.6 Å². The van der Waals surface area contributed by atoms with Gasteiger partial charge in [0, 0.05) is 12.2 Å². The SMILES string of the molecule is CC(C)c1ccc(CCCNC(=S)Nc2ccc(Cl)c(C(F)(F)F)c2)cc1. The summed E-state index contributed by atoms with van der Waals surface area (Å²) < 4.78 is 38.7. The van der Waals surface area contributed by atoms with Gasteiger partial charge in [0.15, 0.2) is 5.11 Å². The van der Waals surface area contributed by atoms with Crippen molar-refractivity contribution in [3.63, 3.8) is 0 Å². The Bertz CT molecular complexity index is 774. The summed E-state index contributed by atoms with van der Waals surface area (Å²) in [7, 11) is 0. The maximum absolute atomic E-state index is 12.9. The molecule has 2 rings (SSSR count). The number of hydrogen-bond acceptors (Lipinski definition) is 1. The van der Waals surface area contributed by atoms with Gasteiger partial charge in [0.25, 0.3) is 0 Å². The molecule has 0 aliphatic carbocycles. The molecule has 2 N–H and O–H groups in total. The van der Waals surface area contributed by atoms with E-state index in [1.54, 1.807) is 0 Å². The van der Waals surface area contributed by atoms with E-state index in [1.165, 1.54) is 23.3 Å². The lowest BCUT2D eigenvalue weighted by atomic mass is 10.0. The predicted molar refractivity (Wildman–Crippen MR) is 110 cm³/mol. The standard InChI is InChI=1S/C20H22ClF3N2S/c1-13(2)15-7-5-14(6-8-15)4-3-11-25-19(27)26-16-9-10-18(21)17(12-16)20(22,23)24/h5-10,12-13H,3-4,11H2,1-2H3,(H2,25,26,27). The zero-order valence-electron chi connectivity index (χ0n) is 15.2. The van der Waals surface area contributed by atoms with Crippen LogP contribution in [0.4, 0.5) is 18.9 Å². The molecule has 2 nitrogen and oxygen atoms in total. The van der Waals surface area contributed by atoms with Gasteiger partial charge in [-0.2, -0.15) is 13.2 Å². The Balaban J connectivity index is 1.79. The molecule has 0 aliphatic rings. The number of nitrogens with one attached hydrogen (secondary N) is 2. The van der Waals surface area contributed by atoms with E-state index >= 15 is 0 Å². The van der Waals surface area contributed by atoms with Crippen molar-refractivity contribution in [2.45, 2.75) is 38.8 Å². The lowest BCUT2D eigenvalue weighted by Gasteiger charge is -2.14. The second kappa shape index (κ2) is 9.42. The molecule has 7 heteroatoms.